The van der Waals surface area contributed by atoms with Gasteiger partial charge in [0.05, 0.1) is 5.52 Å². The van der Waals surface area contributed by atoms with E-state index in [1.165, 1.54) is 4.40 Å². The first kappa shape index (κ1) is 9.67. The van der Waals surface area contributed by atoms with Crippen molar-refractivity contribution in [2.75, 3.05) is 0 Å². The summed E-state index contributed by atoms with van der Waals surface area (Å²) in [6.45, 7) is 0. The fourth-order valence-electron chi connectivity index (χ4n) is 1.21. The Bertz CT molecular complexity index is 521. The first-order chi connectivity index (χ1) is 6.61. The smallest absolute Gasteiger partial charge is 0.372 e. The highest BCUT2D eigenvalue weighted by Gasteiger charge is 2.16. The van der Waals surface area contributed by atoms with Gasteiger partial charge in [-0.3, -0.25) is 4.40 Å². The van der Waals surface area contributed by atoms with E-state index in [1.807, 2.05) is 6.07 Å². The molecular formula is C8H4Br2N2O2. The summed E-state index contributed by atoms with van der Waals surface area (Å²) in [4.78, 5) is 14.7. The molecule has 2 aromatic rings. The zero-order valence-corrected chi connectivity index (χ0v) is 9.91. The maximum absolute atomic E-state index is 10.8. The van der Waals surface area contributed by atoms with Gasteiger partial charge in [-0.1, -0.05) is 0 Å². The van der Waals surface area contributed by atoms with Crippen LogP contribution in [0.25, 0.3) is 5.52 Å². The number of imidazole rings is 1. The van der Waals surface area contributed by atoms with Crippen LogP contribution in [0.2, 0.25) is 0 Å². The number of hydrogen-bond acceptors (Lipinski definition) is 2. The number of aromatic nitrogens is 2. The lowest BCUT2D eigenvalue weighted by atomic mass is 10.4. The van der Waals surface area contributed by atoms with Crippen molar-refractivity contribution >= 4 is 43.3 Å². The second-order valence-corrected chi connectivity index (χ2v) is 4.21. The summed E-state index contributed by atoms with van der Waals surface area (Å²) in [7, 11) is 0. The Morgan fingerprint density at radius 1 is 1.50 bits per heavy atom. The van der Waals surface area contributed by atoms with E-state index in [-0.39, 0.29) is 5.82 Å². The molecule has 2 rings (SSSR count). The molecule has 0 bridgehead atoms. The van der Waals surface area contributed by atoms with Gasteiger partial charge in [0.15, 0.2) is 0 Å². The summed E-state index contributed by atoms with van der Waals surface area (Å²) in [6.07, 6.45) is 1.65. The summed E-state index contributed by atoms with van der Waals surface area (Å²) < 4.78 is 2.82. The van der Waals surface area contributed by atoms with Gasteiger partial charge >= 0.3 is 5.97 Å². The predicted molar refractivity (Wildman–Crippen MR) is 57.6 cm³/mol. The number of aromatic carboxylic acids is 1. The molecule has 0 atom stereocenters. The highest BCUT2D eigenvalue weighted by atomic mass is 79.9. The van der Waals surface area contributed by atoms with Gasteiger partial charge < -0.3 is 5.11 Å². The summed E-state index contributed by atoms with van der Waals surface area (Å²) in [5.74, 6) is -1.06. The van der Waals surface area contributed by atoms with E-state index in [4.69, 9.17) is 5.11 Å². The largest absolute Gasteiger partial charge is 0.475 e. The minimum absolute atomic E-state index is 0.00632. The normalized spacial score (nSPS) is 10.7. The molecule has 2 heterocycles. The first-order valence-electron chi connectivity index (χ1n) is 3.66. The molecular weight excluding hydrogens is 316 g/mol. The van der Waals surface area contributed by atoms with E-state index >= 15 is 0 Å². The third-order valence-electron chi connectivity index (χ3n) is 1.76. The van der Waals surface area contributed by atoms with E-state index in [0.717, 1.165) is 4.47 Å². The van der Waals surface area contributed by atoms with Crippen LogP contribution >= 0.6 is 31.9 Å². The molecule has 0 saturated carbocycles. The Kier molecular flexibility index (Phi) is 2.32. The quantitative estimate of drug-likeness (QED) is 0.879. The lowest BCUT2D eigenvalue weighted by Gasteiger charge is -1.97. The lowest BCUT2D eigenvalue weighted by molar-refractivity contribution is 0.0682. The Labute approximate surface area is 95.8 Å². The number of pyridine rings is 1. The van der Waals surface area contributed by atoms with Gasteiger partial charge in [-0.15, -0.1) is 0 Å². The standard InChI is InChI=1S/C8H4Br2N2O2/c9-4-2-1-3-12-5(4)6(10)11-7(12)8(13)14/h1-3H,(H,13,14). The van der Waals surface area contributed by atoms with Crippen LogP contribution in [0.4, 0.5) is 0 Å². The molecule has 0 spiro atoms. The van der Waals surface area contributed by atoms with Crippen molar-refractivity contribution in [3.05, 3.63) is 33.2 Å². The van der Waals surface area contributed by atoms with Crippen molar-refractivity contribution in [2.45, 2.75) is 0 Å². The van der Waals surface area contributed by atoms with Crippen LogP contribution in [0.3, 0.4) is 0 Å². The van der Waals surface area contributed by atoms with E-state index in [0.29, 0.717) is 10.1 Å². The monoisotopic (exact) mass is 318 g/mol. The number of nitrogens with zero attached hydrogens (tertiary/aromatic N) is 2. The molecule has 1 N–H and O–H groups in total. The summed E-state index contributed by atoms with van der Waals surface area (Å²) in [5, 5.41) is 8.87. The number of carboxylic acid groups (broad SMARTS) is 1. The van der Waals surface area contributed by atoms with Gasteiger partial charge in [0.25, 0.3) is 0 Å². The first-order valence-corrected chi connectivity index (χ1v) is 5.25. The zero-order valence-electron chi connectivity index (χ0n) is 6.74. The number of carbonyl (C=O) groups is 1. The van der Waals surface area contributed by atoms with Crippen LogP contribution in [-0.2, 0) is 0 Å². The van der Waals surface area contributed by atoms with Gasteiger partial charge in [-0.2, -0.15) is 0 Å². The molecule has 0 aliphatic carbocycles. The van der Waals surface area contributed by atoms with Crippen LogP contribution in [0, 0.1) is 0 Å². The van der Waals surface area contributed by atoms with Gasteiger partial charge in [0, 0.05) is 10.7 Å². The number of carboxylic acids is 1. The maximum Gasteiger partial charge on any atom is 0.372 e. The molecule has 0 aliphatic rings. The minimum Gasteiger partial charge on any atom is -0.475 e. The average Bonchev–Trinajstić information content (AvgIpc) is 2.45. The molecule has 0 fully saturated rings. The number of fused-ring (bicyclic) bond motifs is 1. The molecule has 6 heteroatoms. The Morgan fingerprint density at radius 3 is 2.86 bits per heavy atom. The van der Waals surface area contributed by atoms with Crippen molar-refractivity contribution in [3.63, 3.8) is 0 Å². The Balaban J connectivity index is 2.91. The third kappa shape index (κ3) is 1.34. The molecule has 0 radical (unpaired) electrons. The topological polar surface area (TPSA) is 54.6 Å². The average molecular weight is 320 g/mol. The second-order valence-electron chi connectivity index (χ2n) is 2.61. The third-order valence-corrected chi connectivity index (χ3v) is 2.96. The minimum atomic E-state index is -1.05. The number of rotatable bonds is 1. The Hall–Kier alpha value is -0.880. The van der Waals surface area contributed by atoms with E-state index in [9.17, 15) is 4.79 Å². The van der Waals surface area contributed by atoms with Crippen LogP contribution in [0.15, 0.2) is 27.4 Å². The zero-order chi connectivity index (χ0) is 10.3. The predicted octanol–water partition coefficient (Wildman–Crippen LogP) is 2.56. The van der Waals surface area contributed by atoms with Crippen molar-refractivity contribution in [1.82, 2.24) is 9.38 Å². The van der Waals surface area contributed by atoms with Crippen LogP contribution < -0.4 is 0 Å². The summed E-state index contributed by atoms with van der Waals surface area (Å²) >= 11 is 6.54. The van der Waals surface area contributed by atoms with Crippen LogP contribution in [-0.4, -0.2) is 20.5 Å². The number of hydrogen-bond donors (Lipinski definition) is 1. The van der Waals surface area contributed by atoms with Gasteiger partial charge in [0.1, 0.15) is 4.60 Å². The highest BCUT2D eigenvalue weighted by molar-refractivity contribution is 9.11. The van der Waals surface area contributed by atoms with Crippen molar-refractivity contribution in [1.29, 1.82) is 0 Å². The van der Waals surface area contributed by atoms with Crippen LogP contribution in [0.5, 0.6) is 0 Å². The fraction of sp³-hybridized carbons (Fsp3) is 0. The van der Waals surface area contributed by atoms with Gasteiger partial charge in [-0.25, -0.2) is 9.78 Å². The highest BCUT2D eigenvalue weighted by Crippen LogP contribution is 2.26. The molecule has 0 unspecified atom stereocenters. The number of halogens is 2. The molecule has 72 valence electrons. The fourth-order valence-corrected chi connectivity index (χ4v) is 2.58. The molecule has 14 heavy (non-hydrogen) atoms. The molecule has 0 aliphatic heterocycles. The van der Waals surface area contributed by atoms with Crippen molar-refractivity contribution in [2.24, 2.45) is 0 Å². The van der Waals surface area contributed by atoms with E-state index < -0.39 is 5.97 Å². The molecule has 2 aromatic heterocycles. The molecule has 0 aromatic carbocycles. The van der Waals surface area contributed by atoms with E-state index in [1.54, 1.807) is 12.3 Å². The SMILES string of the molecule is O=C(O)c1nc(Br)c2c(Br)cccn12. The Morgan fingerprint density at radius 2 is 2.21 bits per heavy atom. The summed E-state index contributed by atoms with van der Waals surface area (Å²) in [6, 6.07) is 3.57. The molecule has 0 saturated heterocycles. The van der Waals surface area contributed by atoms with Crippen LogP contribution in [0.1, 0.15) is 10.6 Å². The van der Waals surface area contributed by atoms with Crippen molar-refractivity contribution in [3.8, 4) is 0 Å². The van der Waals surface area contributed by atoms with Crippen molar-refractivity contribution < 1.29 is 9.90 Å². The van der Waals surface area contributed by atoms with Gasteiger partial charge in [0.2, 0.25) is 5.82 Å². The molecule has 0 amide bonds. The lowest BCUT2D eigenvalue weighted by Crippen LogP contribution is -2.03. The summed E-state index contributed by atoms with van der Waals surface area (Å²) in [5.41, 5.74) is 0.713. The second kappa shape index (κ2) is 3.36. The van der Waals surface area contributed by atoms with E-state index in [2.05, 4.69) is 36.8 Å². The van der Waals surface area contributed by atoms with Gasteiger partial charge in [-0.05, 0) is 44.0 Å². The molecule has 4 nitrogen and oxygen atoms in total. The maximum atomic E-state index is 10.8.